The molecule has 6 heteroatoms. The van der Waals surface area contributed by atoms with Gasteiger partial charge in [0.15, 0.2) is 5.67 Å². The third-order valence-electron chi connectivity index (χ3n) is 2.00. The summed E-state index contributed by atoms with van der Waals surface area (Å²) in [5.41, 5.74) is -2.05. The van der Waals surface area contributed by atoms with Gasteiger partial charge >= 0.3 is 6.18 Å². The fraction of sp³-hybridized carbons (Fsp3) is 0.857. The molecule has 0 aliphatic heterocycles. The monoisotopic (exact) mass is 199 g/mol. The standard InChI is InChI=1S/C7H9F4NO/c8-6(2-1-3-6)5(13)12-4-7(9,10)11/h1-4H2,(H,12,13). The molecule has 0 saturated heterocycles. The van der Waals surface area contributed by atoms with Crippen molar-refractivity contribution in [3.8, 4) is 0 Å². The molecule has 0 spiro atoms. The van der Waals surface area contributed by atoms with Crippen LogP contribution in [0.25, 0.3) is 0 Å². The second-order valence-corrected chi connectivity index (χ2v) is 3.12. The van der Waals surface area contributed by atoms with E-state index in [0.717, 1.165) is 0 Å². The molecule has 0 aromatic carbocycles. The summed E-state index contributed by atoms with van der Waals surface area (Å²) in [4.78, 5) is 10.8. The molecule has 0 atom stereocenters. The molecule has 1 fully saturated rings. The number of hydrogen-bond acceptors (Lipinski definition) is 1. The van der Waals surface area contributed by atoms with Crippen LogP contribution in [0.15, 0.2) is 0 Å². The Morgan fingerprint density at radius 1 is 1.38 bits per heavy atom. The van der Waals surface area contributed by atoms with Gasteiger partial charge in [0, 0.05) is 0 Å². The number of carbonyl (C=O) groups excluding carboxylic acids is 1. The van der Waals surface area contributed by atoms with E-state index in [2.05, 4.69) is 0 Å². The van der Waals surface area contributed by atoms with Gasteiger partial charge in [-0.3, -0.25) is 4.79 Å². The zero-order chi connectivity index (χ0) is 10.1. The zero-order valence-electron chi connectivity index (χ0n) is 6.75. The number of halogens is 4. The molecule has 13 heavy (non-hydrogen) atoms. The minimum absolute atomic E-state index is 0.0245. The van der Waals surface area contributed by atoms with Crippen LogP contribution in [0.2, 0.25) is 0 Å². The van der Waals surface area contributed by atoms with Crippen molar-refractivity contribution in [2.75, 3.05) is 6.54 Å². The minimum Gasteiger partial charge on any atom is -0.344 e. The maximum atomic E-state index is 13.1. The van der Waals surface area contributed by atoms with E-state index in [9.17, 15) is 22.4 Å². The van der Waals surface area contributed by atoms with Crippen molar-refractivity contribution >= 4 is 5.91 Å². The molecule has 0 heterocycles. The van der Waals surface area contributed by atoms with Crippen LogP contribution in [0.4, 0.5) is 17.6 Å². The summed E-state index contributed by atoms with van der Waals surface area (Å²) in [6.07, 6.45) is -3.88. The summed E-state index contributed by atoms with van der Waals surface area (Å²) < 4.78 is 47.9. The maximum absolute atomic E-state index is 13.1. The van der Waals surface area contributed by atoms with Gasteiger partial charge in [-0.1, -0.05) is 0 Å². The Kier molecular flexibility index (Phi) is 2.49. The fourth-order valence-corrected chi connectivity index (χ4v) is 1.05. The molecule has 0 radical (unpaired) electrons. The maximum Gasteiger partial charge on any atom is 0.405 e. The van der Waals surface area contributed by atoms with E-state index in [4.69, 9.17) is 0 Å². The summed E-state index contributed by atoms with van der Waals surface area (Å²) in [5.74, 6) is -1.14. The van der Waals surface area contributed by atoms with E-state index in [0.29, 0.717) is 6.42 Å². The molecule has 0 aromatic rings. The van der Waals surface area contributed by atoms with E-state index < -0.39 is 24.3 Å². The summed E-state index contributed by atoms with van der Waals surface area (Å²) in [6, 6.07) is 0. The van der Waals surface area contributed by atoms with Crippen LogP contribution >= 0.6 is 0 Å². The first-order valence-corrected chi connectivity index (χ1v) is 3.87. The van der Waals surface area contributed by atoms with E-state index in [-0.39, 0.29) is 12.8 Å². The number of hydrogen-bond donors (Lipinski definition) is 1. The Morgan fingerprint density at radius 2 is 1.92 bits per heavy atom. The molecule has 0 unspecified atom stereocenters. The van der Waals surface area contributed by atoms with Crippen molar-refractivity contribution in [3.63, 3.8) is 0 Å². The van der Waals surface area contributed by atoms with Crippen molar-refractivity contribution in [3.05, 3.63) is 0 Å². The third kappa shape index (κ3) is 2.57. The topological polar surface area (TPSA) is 29.1 Å². The summed E-state index contributed by atoms with van der Waals surface area (Å²) in [5, 5.41) is 1.53. The predicted molar refractivity (Wildman–Crippen MR) is 36.8 cm³/mol. The second kappa shape index (κ2) is 3.16. The molecule has 1 saturated carbocycles. The third-order valence-corrected chi connectivity index (χ3v) is 2.00. The van der Waals surface area contributed by atoms with E-state index >= 15 is 0 Å². The highest BCUT2D eigenvalue weighted by atomic mass is 19.4. The normalized spacial score (nSPS) is 20.6. The van der Waals surface area contributed by atoms with Gasteiger partial charge in [0.1, 0.15) is 6.54 Å². The second-order valence-electron chi connectivity index (χ2n) is 3.12. The molecule has 76 valence electrons. The van der Waals surface area contributed by atoms with Crippen LogP contribution in [0, 0.1) is 0 Å². The van der Waals surface area contributed by atoms with Crippen LogP contribution in [0.5, 0.6) is 0 Å². The van der Waals surface area contributed by atoms with Gasteiger partial charge in [-0.15, -0.1) is 0 Å². The zero-order valence-corrected chi connectivity index (χ0v) is 6.75. The number of alkyl halides is 4. The Bertz CT molecular complexity index is 209. The molecule has 0 bridgehead atoms. The van der Waals surface area contributed by atoms with Crippen molar-refractivity contribution in [2.24, 2.45) is 0 Å². The van der Waals surface area contributed by atoms with Gasteiger partial charge in [0.25, 0.3) is 5.91 Å². The summed E-state index contributed by atoms with van der Waals surface area (Å²) >= 11 is 0. The molecular formula is C7H9F4NO. The van der Waals surface area contributed by atoms with Crippen LogP contribution in [0.3, 0.4) is 0 Å². The van der Waals surface area contributed by atoms with E-state index in [1.54, 1.807) is 0 Å². The van der Waals surface area contributed by atoms with Gasteiger partial charge in [-0.25, -0.2) is 4.39 Å². The lowest BCUT2D eigenvalue weighted by Gasteiger charge is -2.32. The number of rotatable bonds is 2. The fourth-order valence-electron chi connectivity index (χ4n) is 1.05. The van der Waals surface area contributed by atoms with Gasteiger partial charge in [-0.05, 0) is 19.3 Å². The average molecular weight is 199 g/mol. The average Bonchev–Trinajstić information content (AvgIpc) is 1.94. The quantitative estimate of drug-likeness (QED) is 0.672. The number of amides is 1. The molecule has 1 rings (SSSR count). The first kappa shape index (κ1) is 10.3. The Labute approximate surface area is 72.3 Å². The minimum atomic E-state index is -4.48. The van der Waals surface area contributed by atoms with Crippen molar-refractivity contribution < 1.29 is 22.4 Å². The van der Waals surface area contributed by atoms with Crippen molar-refractivity contribution in [1.29, 1.82) is 0 Å². The Hall–Kier alpha value is -0.810. The van der Waals surface area contributed by atoms with Crippen LogP contribution in [0.1, 0.15) is 19.3 Å². The van der Waals surface area contributed by atoms with Crippen molar-refractivity contribution in [2.45, 2.75) is 31.1 Å². The van der Waals surface area contributed by atoms with E-state index in [1.807, 2.05) is 0 Å². The van der Waals surface area contributed by atoms with Gasteiger partial charge in [0.2, 0.25) is 0 Å². The number of nitrogens with one attached hydrogen (secondary N) is 1. The first-order valence-electron chi connectivity index (χ1n) is 3.87. The van der Waals surface area contributed by atoms with Gasteiger partial charge < -0.3 is 5.32 Å². The lowest BCUT2D eigenvalue weighted by Crippen LogP contribution is -2.50. The molecule has 2 nitrogen and oxygen atoms in total. The Balaban J connectivity index is 2.34. The van der Waals surface area contributed by atoms with Crippen LogP contribution in [-0.2, 0) is 4.79 Å². The van der Waals surface area contributed by atoms with E-state index in [1.165, 1.54) is 5.32 Å². The highest BCUT2D eigenvalue weighted by Crippen LogP contribution is 2.35. The molecule has 1 aliphatic carbocycles. The van der Waals surface area contributed by atoms with Crippen LogP contribution < -0.4 is 5.32 Å². The smallest absolute Gasteiger partial charge is 0.344 e. The molecule has 0 aromatic heterocycles. The molecular weight excluding hydrogens is 190 g/mol. The molecule has 1 N–H and O–H groups in total. The highest BCUT2D eigenvalue weighted by Gasteiger charge is 2.45. The SMILES string of the molecule is O=C(NCC(F)(F)F)C1(F)CCC1. The highest BCUT2D eigenvalue weighted by molar-refractivity contribution is 5.85. The summed E-state index contributed by atoms with van der Waals surface area (Å²) in [6.45, 7) is -1.46. The van der Waals surface area contributed by atoms with Crippen molar-refractivity contribution in [1.82, 2.24) is 5.32 Å². The molecule has 1 aliphatic rings. The van der Waals surface area contributed by atoms with Gasteiger partial charge in [0.05, 0.1) is 0 Å². The summed E-state index contributed by atoms with van der Waals surface area (Å²) in [7, 11) is 0. The van der Waals surface area contributed by atoms with Crippen LogP contribution in [-0.4, -0.2) is 24.3 Å². The lowest BCUT2D eigenvalue weighted by atomic mass is 9.81. The molecule has 1 amide bonds. The van der Waals surface area contributed by atoms with Gasteiger partial charge in [-0.2, -0.15) is 13.2 Å². The Morgan fingerprint density at radius 3 is 2.23 bits per heavy atom. The number of carbonyl (C=O) groups is 1. The largest absolute Gasteiger partial charge is 0.405 e. The first-order chi connectivity index (χ1) is 5.83. The predicted octanol–water partition coefficient (Wildman–Crippen LogP) is 1.56. The lowest BCUT2D eigenvalue weighted by molar-refractivity contribution is -0.149.